The SMILES string of the molecule is C[C@@H](Oc1ccc(S(=O)(=O)Nc2ccccc2Sc2ccccc2)cc1)C(=O)NC1CCCCC1. The van der Waals surface area contributed by atoms with Crippen molar-refractivity contribution in [2.75, 3.05) is 4.72 Å². The molecule has 3 aromatic carbocycles. The highest BCUT2D eigenvalue weighted by atomic mass is 32.2. The lowest BCUT2D eigenvalue weighted by Gasteiger charge is -2.24. The molecule has 0 spiro atoms. The lowest BCUT2D eigenvalue weighted by Crippen LogP contribution is -2.43. The Balaban J connectivity index is 1.39. The van der Waals surface area contributed by atoms with Gasteiger partial charge in [-0.15, -0.1) is 0 Å². The van der Waals surface area contributed by atoms with Crippen molar-refractivity contribution in [1.29, 1.82) is 0 Å². The first-order valence-electron chi connectivity index (χ1n) is 11.8. The molecular weight excluding hydrogens is 480 g/mol. The molecule has 2 N–H and O–H groups in total. The van der Waals surface area contributed by atoms with E-state index < -0.39 is 16.1 Å². The molecular formula is C27H30N2O4S2. The number of sulfonamides is 1. The van der Waals surface area contributed by atoms with Crippen molar-refractivity contribution in [2.45, 2.75) is 65.9 Å². The standard InChI is InChI=1S/C27H30N2O4S2/c1-20(27(30)28-21-10-4-2-5-11-21)33-22-16-18-24(19-17-22)35(31,32)29-25-14-8-9-15-26(25)34-23-12-6-3-7-13-23/h3,6-9,12-21,29H,2,4-5,10-11H2,1H3,(H,28,30)/t20-/m1/s1. The topological polar surface area (TPSA) is 84.5 Å². The number of hydrogen-bond donors (Lipinski definition) is 2. The van der Waals surface area contributed by atoms with Gasteiger partial charge in [-0.3, -0.25) is 9.52 Å². The molecule has 1 amide bonds. The quantitative estimate of drug-likeness (QED) is 0.377. The second-order valence-corrected chi connectivity index (χ2v) is 11.4. The first-order valence-corrected chi connectivity index (χ1v) is 14.1. The Morgan fingerprint density at radius 3 is 2.29 bits per heavy atom. The maximum absolute atomic E-state index is 13.0. The number of hydrogen-bond acceptors (Lipinski definition) is 5. The third-order valence-corrected chi connectivity index (χ3v) is 8.34. The van der Waals surface area contributed by atoms with E-state index in [0.29, 0.717) is 11.4 Å². The van der Waals surface area contributed by atoms with Gasteiger partial charge in [0.1, 0.15) is 5.75 Å². The first kappa shape index (κ1) is 25.1. The van der Waals surface area contributed by atoms with E-state index in [1.54, 1.807) is 31.2 Å². The zero-order chi connectivity index (χ0) is 24.7. The Bertz CT molecular complexity index is 1230. The molecule has 8 heteroatoms. The first-order chi connectivity index (χ1) is 16.9. The van der Waals surface area contributed by atoms with Crippen LogP contribution in [0.5, 0.6) is 5.75 Å². The van der Waals surface area contributed by atoms with Crippen LogP contribution in [-0.2, 0) is 14.8 Å². The normalized spacial score (nSPS) is 15.2. The summed E-state index contributed by atoms with van der Waals surface area (Å²) < 4.78 is 34.5. The Kier molecular flexibility index (Phi) is 8.36. The number of nitrogens with one attached hydrogen (secondary N) is 2. The van der Waals surface area contributed by atoms with Crippen molar-refractivity contribution in [1.82, 2.24) is 5.32 Å². The summed E-state index contributed by atoms with van der Waals surface area (Å²) in [5, 5.41) is 3.05. The molecule has 184 valence electrons. The van der Waals surface area contributed by atoms with E-state index in [0.717, 1.165) is 35.5 Å². The van der Waals surface area contributed by atoms with Crippen LogP contribution in [0.1, 0.15) is 39.0 Å². The molecule has 1 atom stereocenters. The van der Waals surface area contributed by atoms with Gasteiger partial charge in [0.05, 0.1) is 10.6 Å². The minimum Gasteiger partial charge on any atom is -0.481 e. The monoisotopic (exact) mass is 510 g/mol. The summed E-state index contributed by atoms with van der Waals surface area (Å²) in [6, 6.07) is 23.4. The van der Waals surface area contributed by atoms with Crippen LogP contribution in [0.4, 0.5) is 5.69 Å². The van der Waals surface area contributed by atoms with Crippen molar-refractivity contribution in [3.63, 3.8) is 0 Å². The molecule has 0 radical (unpaired) electrons. The molecule has 0 bridgehead atoms. The summed E-state index contributed by atoms with van der Waals surface area (Å²) in [7, 11) is -3.81. The van der Waals surface area contributed by atoms with Crippen molar-refractivity contribution in [3.05, 3.63) is 78.9 Å². The van der Waals surface area contributed by atoms with Gasteiger partial charge in [-0.1, -0.05) is 61.4 Å². The van der Waals surface area contributed by atoms with Crippen LogP contribution in [-0.4, -0.2) is 26.5 Å². The Morgan fingerprint density at radius 1 is 0.914 bits per heavy atom. The van der Waals surface area contributed by atoms with Gasteiger partial charge in [-0.25, -0.2) is 8.42 Å². The fourth-order valence-electron chi connectivity index (χ4n) is 3.98. The number of carbonyl (C=O) groups is 1. The Labute approximate surface area is 211 Å². The van der Waals surface area contributed by atoms with Crippen molar-refractivity contribution in [2.24, 2.45) is 0 Å². The minimum absolute atomic E-state index is 0.115. The lowest BCUT2D eigenvalue weighted by atomic mass is 9.95. The van der Waals surface area contributed by atoms with Gasteiger partial charge >= 0.3 is 0 Å². The second-order valence-electron chi connectivity index (χ2n) is 8.59. The number of ether oxygens (including phenoxy) is 1. The molecule has 1 aliphatic rings. The number of anilines is 1. The van der Waals surface area contributed by atoms with E-state index in [1.165, 1.54) is 30.3 Å². The average Bonchev–Trinajstić information content (AvgIpc) is 2.86. The fraction of sp³-hybridized carbons (Fsp3) is 0.296. The molecule has 1 saturated carbocycles. The van der Waals surface area contributed by atoms with E-state index in [1.807, 2.05) is 42.5 Å². The highest BCUT2D eigenvalue weighted by molar-refractivity contribution is 7.99. The number of carbonyl (C=O) groups excluding carboxylic acids is 1. The van der Waals surface area contributed by atoms with E-state index in [-0.39, 0.29) is 16.8 Å². The molecule has 0 aliphatic heterocycles. The number of amides is 1. The molecule has 1 fully saturated rings. The van der Waals surface area contributed by atoms with Crippen LogP contribution in [0.15, 0.2) is 93.5 Å². The summed E-state index contributed by atoms with van der Waals surface area (Å²) in [4.78, 5) is 14.4. The van der Waals surface area contributed by atoms with Gasteiger partial charge in [0.25, 0.3) is 15.9 Å². The molecule has 1 aliphatic carbocycles. The molecule has 0 saturated heterocycles. The number of benzene rings is 3. The van der Waals surface area contributed by atoms with Gasteiger partial charge in [0.2, 0.25) is 0 Å². The van der Waals surface area contributed by atoms with Gasteiger partial charge in [0, 0.05) is 15.8 Å². The molecule has 6 nitrogen and oxygen atoms in total. The maximum Gasteiger partial charge on any atom is 0.261 e. The molecule has 0 heterocycles. The molecule has 35 heavy (non-hydrogen) atoms. The van der Waals surface area contributed by atoms with Crippen molar-refractivity contribution < 1.29 is 17.9 Å². The van der Waals surface area contributed by atoms with Crippen LogP contribution in [0.25, 0.3) is 0 Å². The Hall–Kier alpha value is -2.97. The smallest absolute Gasteiger partial charge is 0.261 e. The number of para-hydroxylation sites is 1. The predicted octanol–water partition coefficient (Wildman–Crippen LogP) is 5.85. The minimum atomic E-state index is -3.81. The van der Waals surface area contributed by atoms with E-state index >= 15 is 0 Å². The van der Waals surface area contributed by atoms with Crippen LogP contribution in [0, 0.1) is 0 Å². The Morgan fingerprint density at radius 2 is 1.57 bits per heavy atom. The lowest BCUT2D eigenvalue weighted by molar-refractivity contribution is -0.128. The molecule has 0 unspecified atom stereocenters. The van der Waals surface area contributed by atoms with Gasteiger partial charge in [-0.05, 0) is 68.3 Å². The summed E-state index contributed by atoms with van der Waals surface area (Å²) in [6.45, 7) is 1.70. The predicted molar refractivity (Wildman–Crippen MR) is 139 cm³/mol. The van der Waals surface area contributed by atoms with E-state index in [2.05, 4.69) is 10.0 Å². The van der Waals surface area contributed by atoms with Crippen LogP contribution >= 0.6 is 11.8 Å². The van der Waals surface area contributed by atoms with E-state index in [4.69, 9.17) is 4.74 Å². The third kappa shape index (κ3) is 7.02. The van der Waals surface area contributed by atoms with Gasteiger partial charge in [0.15, 0.2) is 6.10 Å². The summed E-state index contributed by atoms with van der Waals surface area (Å²) in [5.41, 5.74) is 0.509. The molecule has 0 aromatic heterocycles. The van der Waals surface area contributed by atoms with Crippen molar-refractivity contribution in [3.8, 4) is 5.75 Å². The summed E-state index contributed by atoms with van der Waals surface area (Å²) in [6.07, 6.45) is 4.84. The number of rotatable bonds is 9. The second kappa shape index (κ2) is 11.6. The molecule has 3 aromatic rings. The van der Waals surface area contributed by atoms with Crippen LogP contribution < -0.4 is 14.8 Å². The maximum atomic E-state index is 13.0. The molecule has 4 rings (SSSR count). The highest BCUT2D eigenvalue weighted by Crippen LogP contribution is 2.34. The van der Waals surface area contributed by atoms with E-state index in [9.17, 15) is 13.2 Å². The van der Waals surface area contributed by atoms with Crippen LogP contribution in [0.3, 0.4) is 0 Å². The summed E-state index contributed by atoms with van der Waals surface area (Å²) >= 11 is 1.49. The van der Waals surface area contributed by atoms with Crippen LogP contribution in [0.2, 0.25) is 0 Å². The third-order valence-electron chi connectivity index (χ3n) is 5.87. The van der Waals surface area contributed by atoms with Gasteiger partial charge in [-0.2, -0.15) is 0 Å². The largest absolute Gasteiger partial charge is 0.481 e. The summed E-state index contributed by atoms with van der Waals surface area (Å²) in [5.74, 6) is 0.290. The van der Waals surface area contributed by atoms with Crippen molar-refractivity contribution >= 4 is 33.4 Å². The fourth-order valence-corrected chi connectivity index (χ4v) is 6.05. The zero-order valence-corrected chi connectivity index (χ0v) is 21.3. The highest BCUT2D eigenvalue weighted by Gasteiger charge is 2.21. The zero-order valence-electron chi connectivity index (χ0n) is 19.6. The van der Waals surface area contributed by atoms with Gasteiger partial charge < -0.3 is 10.1 Å². The average molecular weight is 511 g/mol.